The van der Waals surface area contributed by atoms with Crippen molar-refractivity contribution >= 4 is 10.9 Å². The van der Waals surface area contributed by atoms with Gasteiger partial charge in [0.2, 0.25) is 0 Å². The number of hydrogen-bond acceptors (Lipinski definition) is 4. The fourth-order valence-electron chi connectivity index (χ4n) is 2.09. The van der Waals surface area contributed by atoms with Gasteiger partial charge in [0.05, 0.1) is 17.7 Å². The molecule has 96 valence electrons. The second-order valence-electron chi connectivity index (χ2n) is 4.41. The van der Waals surface area contributed by atoms with Crippen LogP contribution in [-0.2, 0) is 11.2 Å². The summed E-state index contributed by atoms with van der Waals surface area (Å²) in [6.07, 6.45) is 2.71. The molecule has 0 spiro atoms. The van der Waals surface area contributed by atoms with Gasteiger partial charge in [-0.2, -0.15) is 0 Å². The summed E-state index contributed by atoms with van der Waals surface area (Å²) in [6, 6.07) is 10.2. The second-order valence-corrected chi connectivity index (χ2v) is 4.41. The Bertz CT molecular complexity index is 510. The number of nitrogens with zero attached hydrogens (tertiary/aromatic N) is 1. The van der Waals surface area contributed by atoms with Crippen molar-refractivity contribution in [1.82, 2.24) is 10.4 Å². The second kappa shape index (κ2) is 5.91. The van der Waals surface area contributed by atoms with E-state index in [4.69, 9.17) is 10.6 Å². The Balaban J connectivity index is 2.30. The van der Waals surface area contributed by atoms with Crippen molar-refractivity contribution in [3.63, 3.8) is 0 Å². The third-order valence-electron chi connectivity index (χ3n) is 3.33. The predicted molar refractivity (Wildman–Crippen MR) is 73.0 cm³/mol. The maximum Gasteiger partial charge on any atom is 0.0712 e. The number of hydrogen-bond donors (Lipinski definition) is 2. The zero-order chi connectivity index (χ0) is 13.0. The topological polar surface area (TPSA) is 60.2 Å². The Morgan fingerprint density at radius 2 is 2.11 bits per heavy atom. The third-order valence-corrected chi connectivity index (χ3v) is 3.33. The fraction of sp³-hybridized carbons (Fsp3) is 0.357. The van der Waals surface area contributed by atoms with Gasteiger partial charge in [-0.05, 0) is 31.0 Å². The Morgan fingerprint density at radius 3 is 2.83 bits per heavy atom. The van der Waals surface area contributed by atoms with Crippen LogP contribution in [0.3, 0.4) is 0 Å². The summed E-state index contributed by atoms with van der Waals surface area (Å²) in [5.74, 6) is 5.60. The van der Waals surface area contributed by atoms with Crippen molar-refractivity contribution < 1.29 is 4.74 Å². The van der Waals surface area contributed by atoms with Gasteiger partial charge in [0, 0.05) is 18.7 Å². The third kappa shape index (κ3) is 2.67. The van der Waals surface area contributed by atoms with Gasteiger partial charge in [-0.1, -0.05) is 18.2 Å². The Morgan fingerprint density at radius 1 is 1.33 bits per heavy atom. The Kier molecular flexibility index (Phi) is 4.25. The molecular formula is C14H19N3O. The molecule has 0 saturated heterocycles. The molecule has 1 aromatic heterocycles. The van der Waals surface area contributed by atoms with E-state index in [2.05, 4.69) is 16.5 Å². The standard InChI is InChI=1S/C14H19N3O/c1-10(18-2)14(17-15)9-11-7-8-16-13-6-4-3-5-12(11)13/h3-8,10,14,17H,9,15H2,1-2H3. The van der Waals surface area contributed by atoms with Gasteiger partial charge in [-0.3, -0.25) is 16.3 Å². The molecule has 4 nitrogen and oxygen atoms in total. The summed E-state index contributed by atoms with van der Waals surface area (Å²) in [5.41, 5.74) is 5.06. The molecule has 0 radical (unpaired) electrons. The number of para-hydroxylation sites is 1. The van der Waals surface area contributed by atoms with Crippen LogP contribution in [0, 0.1) is 0 Å². The van der Waals surface area contributed by atoms with Crippen molar-refractivity contribution in [2.45, 2.75) is 25.5 Å². The SMILES string of the molecule is COC(C)C(Cc1ccnc2ccccc12)NN. The number of hydrazine groups is 1. The number of nitrogens with one attached hydrogen (secondary N) is 1. The van der Waals surface area contributed by atoms with Gasteiger partial charge in [-0.15, -0.1) is 0 Å². The van der Waals surface area contributed by atoms with Crippen LogP contribution in [0.1, 0.15) is 12.5 Å². The minimum atomic E-state index is 0.0573. The number of methoxy groups -OCH3 is 1. The molecular weight excluding hydrogens is 226 g/mol. The molecule has 2 aromatic rings. The molecule has 0 bridgehead atoms. The summed E-state index contributed by atoms with van der Waals surface area (Å²) in [4.78, 5) is 4.36. The Hall–Kier alpha value is -1.49. The van der Waals surface area contributed by atoms with Crippen molar-refractivity contribution in [2.24, 2.45) is 5.84 Å². The van der Waals surface area contributed by atoms with Gasteiger partial charge in [0.1, 0.15) is 0 Å². The minimum Gasteiger partial charge on any atom is -0.380 e. The molecule has 0 aliphatic heterocycles. The summed E-state index contributed by atoms with van der Waals surface area (Å²) >= 11 is 0. The van der Waals surface area contributed by atoms with E-state index in [0.29, 0.717) is 0 Å². The van der Waals surface area contributed by atoms with E-state index in [0.717, 1.165) is 11.9 Å². The molecule has 0 saturated carbocycles. The normalized spacial score (nSPS) is 14.6. The number of pyridine rings is 1. The predicted octanol–water partition coefficient (Wildman–Crippen LogP) is 1.64. The summed E-state index contributed by atoms with van der Waals surface area (Å²) in [7, 11) is 1.69. The van der Waals surface area contributed by atoms with Crippen LogP contribution in [-0.4, -0.2) is 24.2 Å². The monoisotopic (exact) mass is 245 g/mol. The van der Waals surface area contributed by atoms with Crippen LogP contribution in [0.2, 0.25) is 0 Å². The van der Waals surface area contributed by atoms with Crippen LogP contribution in [0.5, 0.6) is 0 Å². The molecule has 0 aliphatic rings. The lowest BCUT2D eigenvalue weighted by Gasteiger charge is -2.22. The van der Waals surface area contributed by atoms with Gasteiger partial charge >= 0.3 is 0 Å². The first-order chi connectivity index (χ1) is 8.76. The number of rotatable bonds is 5. The van der Waals surface area contributed by atoms with Crippen molar-refractivity contribution in [3.05, 3.63) is 42.1 Å². The number of ether oxygens (including phenoxy) is 1. The van der Waals surface area contributed by atoms with E-state index in [-0.39, 0.29) is 12.1 Å². The van der Waals surface area contributed by atoms with Gasteiger partial charge in [0.25, 0.3) is 0 Å². The summed E-state index contributed by atoms with van der Waals surface area (Å²) < 4.78 is 5.33. The number of nitrogens with two attached hydrogens (primary N) is 1. The molecule has 2 atom stereocenters. The molecule has 0 aliphatic carbocycles. The highest BCUT2D eigenvalue weighted by Crippen LogP contribution is 2.18. The van der Waals surface area contributed by atoms with Gasteiger partial charge in [-0.25, -0.2) is 0 Å². The molecule has 1 heterocycles. The van der Waals surface area contributed by atoms with Gasteiger partial charge in [0.15, 0.2) is 0 Å². The zero-order valence-electron chi connectivity index (χ0n) is 10.8. The maximum absolute atomic E-state index is 5.60. The minimum absolute atomic E-state index is 0.0573. The van der Waals surface area contributed by atoms with Crippen LogP contribution >= 0.6 is 0 Å². The fourth-order valence-corrected chi connectivity index (χ4v) is 2.09. The zero-order valence-corrected chi connectivity index (χ0v) is 10.8. The highest BCUT2D eigenvalue weighted by molar-refractivity contribution is 5.81. The van der Waals surface area contributed by atoms with Crippen LogP contribution in [0.15, 0.2) is 36.5 Å². The van der Waals surface area contributed by atoms with Crippen LogP contribution in [0.25, 0.3) is 10.9 Å². The molecule has 2 unspecified atom stereocenters. The molecule has 1 aromatic carbocycles. The van der Waals surface area contributed by atoms with Crippen LogP contribution in [0.4, 0.5) is 0 Å². The first-order valence-corrected chi connectivity index (χ1v) is 6.07. The van der Waals surface area contributed by atoms with Crippen molar-refractivity contribution in [3.8, 4) is 0 Å². The average molecular weight is 245 g/mol. The van der Waals surface area contributed by atoms with E-state index in [1.165, 1.54) is 10.9 Å². The molecule has 18 heavy (non-hydrogen) atoms. The maximum atomic E-state index is 5.60. The largest absolute Gasteiger partial charge is 0.380 e. The first-order valence-electron chi connectivity index (χ1n) is 6.07. The first kappa shape index (κ1) is 13.0. The number of fused-ring (bicyclic) bond motifs is 1. The quantitative estimate of drug-likeness (QED) is 0.621. The van der Waals surface area contributed by atoms with E-state index >= 15 is 0 Å². The van der Waals surface area contributed by atoms with Gasteiger partial charge < -0.3 is 4.74 Å². The van der Waals surface area contributed by atoms with Crippen molar-refractivity contribution in [1.29, 1.82) is 0 Å². The lowest BCUT2D eigenvalue weighted by atomic mass is 9.99. The average Bonchev–Trinajstić information content (AvgIpc) is 2.44. The highest BCUT2D eigenvalue weighted by atomic mass is 16.5. The lowest BCUT2D eigenvalue weighted by Crippen LogP contribution is -2.45. The van der Waals surface area contributed by atoms with E-state index in [1.807, 2.05) is 37.4 Å². The smallest absolute Gasteiger partial charge is 0.0712 e. The molecule has 2 rings (SSSR count). The Labute approximate surface area is 107 Å². The highest BCUT2D eigenvalue weighted by Gasteiger charge is 2.16. The van der Waals surface area contributed by atoms with E-state index in [9.17, 15) is 0 Å². The summed E-state index contributed by atoms with van der Waals surface area (Å²) in [6.45, 7) is 2.01. The number of benzene rings is 1. The van der Waals surface area contributed by atoms with E-state index in [1.54, 1.807) is 7.11 Å². The molecule has 4 heteroatoms. The lowest BCUT2D eigenvalue weighted by molar-refractivity contribution is 0.0832. The molecule has 3 N–H and O–H groups in total. The molecule has 0 fully saturated rings. The van der Waals surface area contributed by atoms with E-state index < -0.39 is 0 Å². The number of aromatic nitrogens is 1. The summed E-state index contributed by atoms with van der Waals surface area (Å²) in [5, 5.41) is 1.17. The van der Waals surface area contributed by atoms with Crippen molar-refractivity contribution in [2.75, 3.05) is 7.11 Å². The van der Waals surface area contributed by atoms with Crippen LogP contribution < -0.4 is 11.3 Å². The molecule has 0 amide bonds.